The Morgan fingerprint density at radius 1 is 1.45 bits per heavy atom. The van der Waals surface area contributed by atoms with E-state index >= 15 is 0 Å². The molecular weight excluding hydrogens is 291 g/mol. The summed E-state index contributed by atoms with van der Waals surface area (Å²) in [6.07, 6.45) is 1.67. The average molecular weight is 306 g/mol. The van der Waals surface area contributed by atoms with Gasteiger partial charge in [0.1, 0.15) is 11.5 Å². The molecule has 7 nitrogen and oxygen atoms in total. The van der Waals surface area contributed by atoms with E-state index in [0.717, 1.165) is 19.0 Å². The molecule has 1 fully saturated rings. The smallest absolute Gasteiger partial charge is 0.407 e. The number of carbonyl (C=O) groups is 1. The quantitative estimate of drug-likeness (QED) is 0.916. The number of pyridine rings is 1. The largest absolute Gasteiger partial charge is 0.465 e. The number of hydrogen-bond donors (Lipinski definition) is 1. The van der Waals surface area contributed by atoms with Crippen LogP contribution in [0.1, 0.15) is 31.5 Å². The van der Waals surface area contributed by atoms with Crippen LogP contribution in [0.4, 0.5) is 9.18 Å². The highest BCUT2D eigenvalue weighted by molar-refractivity contribution is 5.65. The van der Waals surface area contributed by atoms with Gasteiger partial charge in [-0.05, 0) is 31.9 Å². The van der Waals surface area contributed by atoms with Crippen LogP contribution in [0.15, 0.2) is 22.9 Å². The van der Waals surface area contributed by atoms with Gasteiger partial charge in [-0.2, -0.15) is 4.98 Å². The van der Waals surface area contributed by atoms with Crippen LogP contribution in [0, 0.1) is 5.82 Å². The van der Waals surface area contributed by atoms with Crippen molar-refractivity contribution >= 4 is 6.09 Å². The molecule has 0 spiro atoms. The molecule has 3 rings (SSSR count). The van der Waals surface area contributed by atoms with Crippen LogP contribution in [0.25, 0.3) is 11.6 Å². The van der Waals surface area contributed by atoms with E-state index in [-0.39, 0.29) is 17.9 Å². The van der Waals surface area contributed by atoms with Crippen molar-refractivity contribution < 1.29 is 18.8 Å². The van der Waals surface area contributed by atoms with E-state index in [4.69, 9.17) is 4.52 Å². The second-order valence-electron chi connectivity index (χ2n) is 5.38. The van der Waals surface area contributed by atoms with Gasteiger partial charge in [0.05, 0.1) is 6.20 Å². The minimum Gasteiger partial charge on any atom is -0.465 e. The van der Waals surface area contributed by atoms with E-state index in [1.807, 2.05) is 6.92 Å². The van der Waals surface area contributed by atoms with E-state index < -0.39 is 11.9 Å². The Morgan fingerprint density at radius 3 is 2.95 bits per heavy atom. The van der Waals surface area contributed by atoms with Crippen LogP contribution in [0.5, 0.6) is 0 Å². The molecule has 1 amide bonds. The SMILES string of the molecule is C[C@@H]1CC[C@H](c2noc(-c3ccc(F)cn3)n2)CN1C(=O)O. The number of hydrogen-bond acceptors (Lipinski definition) is 5. The van der Waals surface area contributed by atoms with E-state index in [1.54, 1.807) is 0 Å². The topological polar surface area (TPSA) is 92.4 Å². The molecule has 3 heterocycles. The third-order valence-electron chi connectivity index (χ3n) is 3.88. The summed E-state index contributed by atoms with van der Waals surface area (Å²) >= 11 is 0. The van der Waals surface area contributed by atoms with E-state index in [9.17, 15) is 14.3 Å². The van der Waals surface area contributed by atoms with Gasteiger partial charge in [-0.3, -0.25) is 0 Å². The van der Waals surface area contributed by atoms with Gasteiger partial charge in [0, 0.05) is 18.5 Å². The Labute approximate surface area is 125 Å². The summed E-state index contributed by atoms with van der Waals surface area (Å²) in [6, 6.07) is 2.71. The van der Waals surface area contributed by atoms with Crippen molar-refractivity contribution in [1.29, 1.82) is 0 Å². The molecule has 8 heteroatoms. The third kappa shape index (κ3) is 2.76. The Kier molecular flexibility index (Phi) is 3.74. The van der Waals surface area contributed by atoms with Crippen molar-refractivity contribution in [3.05, 3.63) is 30.0 Å². The first-order chi connectivity index (χ1) is 10.5. The van der Waals surface area contributed by atoms with Gasteiger partial charge >= 0.3 is 6.09 Å². The van der Waals surface area contributed by atoms with Crippen LogP contribution in [-0.2, 0) is 0 Å². The zero-order valence-electron chi connectivity index (χ0n) is 11.9. The van der Waals surface area contributed by atoms with Crippen molar-refractivity contribution in [2.24, 2.45) is 0 Å². The lowest BCUT2D eigenvalue weighted by Gasteiger charge is -2.34. The molecule has 0 unspecified atom stereocenters. The monoisotopic (exact) mass is 306 g/mol. The van der Waals surface area contributed by atoms with E-state index in [2.05, 4.69) is 15.1 Å². The van der Waals surface area contributed by atoms with Crippen molar-refractivity contribution in [2.45, 2.75) is 31.7 Å². The molecule has 116 valence electrons. The Bertz CT molecular complexity index is 673. The fourth-order valence-electron chi connectivity index (χ4n) is 2.59. The number of aromatic nitrogens is 3. The number of halogens is 1. The first kappa shape index (κ1) is 14.4. The molecule has 0 saturated carbocycles. The number of piperidine rings is 1. The summed E-state index contributed by atoms with van der Waals surface area (Å²) in [7, 11) is 0. The summed E-state index contributed by atoms with van der Waals surface area (Å²) in [5.41, 5.74) is 0.388. The van der Waals surface area contributed by atoms with E-state index in [0.29, 0.717) is 18.1 Å². The van der Waals surface area contributed by atoms with Crippen molar-refractivity contribution in [2.75, 3.05) is 6.54 Å². The minimum atomic E-state index is -0.943. The lowest BCUT2D eigenvalue weighted by Crippen LogP contribution is -2.44. The average Bonchev–Trinajstić information content (AvgIpc) is 2.98. The summed E-state index contributed by atoms with van der Waals surface area (Å²) in [5, 5.41) is 13.1. The highest BCUT2D eigenvalue weighted by atomic mass is 19.1. The summed E-state index contributed by atoms with van der Waals surface area (Å²) in [4.78, 5) is 20.8. The molecule has 1 aliphatic rings. The van der Waals surface area contributed by atoms with Gasteiger partial charge in [-0.25, -0.2) is 14.2 Å². The molecular formula is C14H15FN4O3. The molecule has 1 N–H and O–H groups in total. The molecule has 22 heavy (non-hydrogen) atoms. The molecule has 1 saturated heterocycles. The first-order valence-electron chi connectivity index (χ1n) is 6.99. The molecule has 0 aliphatic carbocycles. The summed E-state index contributed by atoms with van der Waals surface area (Å²) in [6.45, 7) is 2.22. The molecule has 2 aromatic rings. The summed E-state index contributed by atoms with van der Waals surface area (Å²) in [5.74, 6) is 0.113. The third-order valence-corrected chi connectivity index (χ3v) is 3.88. The fourth-order valence-corrected chi connectivity index (χ4v) is 2.59. The minimum absolute atomic E-state index is 0.0149. The number of carboxylic acid groups (broad SMARTS) is 1. The maximum atomic E-state index is 12.9. The van der Waals surface area contributed by atoms with Crippen molar-refractivity contribution in [1.82, 2.24) is 20.0 Å². The highest BCUT2D eigenvalue weighted by Crippen LogP contribution is 2.29. The lowest BCUT2D eigenvalue weighted by molar-refractivity contribution is 0.104. The number of nitrogens with zero attached hydrogens (tertiary/aromatic N) is 4. The van der Waals surface area contributed by atoms with Crippen molar-refractivity contribution in [3.63, 3.8) is 0 Å². The number of amides is 1. The van der Waals surface area contributed by atoms with E-state index in [1.165, 1.54) is 17.0 Å². The van der Waals surface area contributed by atoms with Gasteiger partial charge in [0.15, 0.2) is 5.82 Å². The van der Waals surface area contributed by atoms with Crippen LogP contribution >= 0.6 is 0 Å². The molecule has 0 aromatic carbocycles. The van der Waals surface area contributed by atoms with Gasteiger partial charge in [0.2, 0.25) is 0 Å². The van der Waals surface area contributed by atoms with Crippen LogP contribution < -0.4 is 0 Å². The van der Waals surface area contributed by atoms with Gasteiger partial charge < -0.3 is 14.5 Å². The fraction of sp³-hybridized carbons (Fsp3) is 0.429. The Balaban J connectivity index is 1.79. The first-order valence-corrected chi connectivity index (χ1v) is 6.99. The second-order valence-corrected chi connectivity index (χ2v) is 5.38. The standard InChI is InChI=1S/C14H15FN4O3/c1-8-2-3-9(7-19(8)14(20)21)12-17-13(22-18-12)11-5-4-10(15)6-16-11/h4-6,8-9H,2-3,7H2,1H3,(H,20,21)/t8-,9+/m1/s1. The van der Waals surface area contributed by atoms with Gasteiger partial charge in [-0.15, -0.1) is 0 Å². The Morgan fingerprint density at radius 2 is 2.27 bits per heavy atom. The normalized spacial score (nSPS) is 21.8. The maximum Gasteiger partial charge on any atom is 0.407 e. The second kappa shape index (κ2) is 5.70. The zero-order valence-corrected chi connectivity index (χ0v) is 11.9. The molecule has 0 bridgehead atoms. The Hall–Kier alpha value is -2.51. The molecule has 2 aromatic heterocycles. The molecule has 0 radical (unpaired) electrons. The van der Waals surface area contributed by atoms with Crippen LogP contribution in [-0.4, -0.2) is 43.8 Å². The van der Waals surface area contributed by atoms with Crippen LogP contribution in [0.2, 0.25) is 0 Å². The summed E-state index contributed by atoms with van der Waals surface area (Å²) < 4.78 is 18.0. The maximum absolute atomic E-state index is 12.9. The van der Waals surface area contributed by atoms with Crippen molar-refractivity contribution in [3.8, 4) is 11.6 Å². The predicted octanol–water partition coefficient (Wildman–Crippen LogP) is 2.52. The van der Waals surface area contributed by atoms with Gasteiger partial charge in [-0.1, -0.05) is 5.16 Å². The number of rotatable bonds is 2. The number of likely N-dealkylation sites (tertiary alicyclic amines) is 1. The zero-order chi connectivity index (χ0) is 15.7. The highest BCUT2D eigenvalue weighted by Gasteiger charge is 2.32. The van der Waals surface area contributed by atoms with Crippen LogP contribution in [0.3, 0.4) is 0 Å². The predicted molar refractivity (Wildman–Crippen MR) is 73.7 cm³/mol. The molecule has 2 atom stereocenters. The van der Waals surface area contributed by atoms with Gasteiger partial charge in [0.25, 0.3) is 5.89 Å². The lowest BCUT2D eigenvalue weighted by atomic mass is 9.93. The molecule has 1 aliphatic heterocycles.